The Morgan fingerprint density at radius 1 is 1.25 bits per heavy atom. The number of amides is 2. The number of piperidine rings is 1. The molecule has 2 aromatic heterocycles. The summed E-state index contributed by atoms with van der Waals surface area (Å²) in [5.74, 6) is 1.59. The fourth-order valence-corrected chi connectivity index (χ4v) is 2.89. The van der Waals surface area contributed by atoms with Crippen LogP contribution in [0.1, 0.15) is 57.7 Å². The quantitative estimate of drug-likeness (QED) is 0.886. The van der Waals surface area contributed by atoms with Gasteiger partial charge in [-0.05, 0) is 19.3 Å². The normalized spacial score (nSPS) is 18.5. The molecule has 0 aliphatic carbocycles. The molecule has 1 saturated heterocycles. The van der Waals surface area contributed by atoms with Crippen LogP contribution in [0.25, 0.3) is 0 Å². The van der Waals surface area contributed by atoms with Crippen molar-refractivity contribution in [3.05, 3.63) is 36.4 Å². The number of hydrogen-bond acceptors (Lipinski definition) is 4. The molecule has 1 unspecified atom stereocenters. The van der Waals surface area contributed by atoms with Crippen LogP contribution in [0.5, 0.6) is 0 Å². The number of carbonyl (C=O) groups excluding carboxylic acids is 1. The summed E-state index contributed by atoms with van der Waals surface area (Å²) in [7, 11) is 0. The highest BCUT2D eigenvalue weighted by Gasteiger charge is 2.29. The second-order valence-electron chi connectivity index (χ2n) is 7.15. The first-order valence-electron chi connectivity index (χ1n) is 8.34. The second kappa shape index (κ2) is 6.59. The number of nitrogens with one attached hydrogen (secondary N) is 2. The summed E-state index contributed by atoms with van der Waals surface area (Å²) in [4.78, 5) is 30.7. The zero-order valence-corrected chi connectivity index (χ0v) is 14.4. The van der Waals surface area contributed by atoms with Crippen molar-refractivity contribution >= 4 is 11.7 Å². The number of urea groups is 1. The van der Waals surface area contributed by atoms with E-state index in [2.05, 4.69) is 46.0 Å². The summed E-state index contributed by atoms with van der Waals surface area (Å²) < 4.78 is 0. The lowest BCUT2D eigenvalue weighted by atomic mass is 9.96. The standard InChI is InChI=1S/C17H24N6O/c1-17(2,3)15-20-10-12(11-21-15)22-16(24)23-9-5-4-6-13(23)14-18-7-8-19-14/h7-8,10-11,13H,4-6,9H2,1-3H3,(H,18,19)(H,22,24). The first kappa shape index (κ1) is 16.4. The van der Waals surface area contributed by atoms with E-state index >= 15 is 0 Å². The van der Waals surface area contributed by atoms with E-state index in [-0.39, 0.29) is 17.5 Å². The monoisotopic (exact) mass is 328 g/mol. The molecule has 24 heavy (non-hydrogen) atoms. The minimum atomic E-state index is -0.136. The third-order valence-electron chi connectivity index (χ3n) is 4.17. The van der Waals surface area contributed by atoms with Crippen LogP contribution >= 0.6 is 0 Å². The predicted molar refractivity (Wildman–Crippen MR) is 91.6 cm³/mol. The summed E-state index contributed by atoms with van der Waals surface area (Å²) >= 11 is 0. The van der Waals surface area contributed by atoms with Crippen molar-refractivity contribution in [3.63, 3.8) is 0 Å². The fraction of sp³-hybridized carbons (Fsp3) is 0.529. The number of aromatic nitrogens is 4. The van der Waals surface area contributed by atoms with Crippen molar-refractivity contribution in [2.45, 2.75) is 51.5 Å². The minimum Gasteiger partial charge on any atom is -0.347 e. The van der Waals surface area contributed by atoms with Gasteiger partial charge < -0.3 is 15.2 Å². The lowest BCUT2D eigenvalue weighted by Gasteiger charge is -2.34. The number of H-pyrrole nitrogens is 1. The van der Waals surface area contributed by atoms with Gasteiger partial charge in [0, 0.05) is 24.4 Å². The average Bonchev–Trinajstić information content (AvgIpc) is 3.09. The van der Waals surface area contributed by atoms with Crippen LogP contribution in [0.15, 0.2) is 24.8 Å². The highest BCUT2D eigenvalue weighted by atomic mass is 16.2. The molecule has 7 heteroatoms. The molecule has 0 bridgehead atoms. The van der Waals surface area contributed by atoms with Crippen LogP contribution in [-0.2, 0) is 5.41 Å². The molecule has 0 aromatic carbocycles. The van der Waals surface area contributed by atoms with Gasteiger partial charge in [0.2, 0.25) is 0 Å². The third-order valence-corrected chi connectivity index (χ3v) is 4.17. The summed E-state index contributed by atoms with van der Waals surface area (Å²) in [6.45, 7) is 6.89. The summed E-state index contributed by atoms with van der Waals surface area (Å²) in [6.07, 6.45) is 9.86. The number of anilines is 1. The van der Waals surface area contributed by atoms with Crippen LogP contribution in [0.2, 0.25) is 0 Å². The minimum absolute atomic E-state index is 0.0106. The largest absolute Gasteiger partial charge is 0.347 e. The molecule has 0 spiro atoms. The van der Waals surface area contributed by atoms with Gasteiger partial charge in [-0.25, -0.2) is 19.7 Å². The number of aromatic amines is 1. The maximum atomic E-state index is 12.7. The van der Waals surface area contributed by atoms with Crippen molar-refractivity contribution in [2.75, 3.05) is 11.9 Å². The van der Waals surface area contributed by atoms with E-state index in [4.69, 9.17) is 0 Å². The molecule has 2 amide bonds. The van der Waals surface area contributed by atoms with E-state index in [0.717, 1.165) is 37.5 Å². The highest BCUT2D eigenvalue weighted by Crippen LogP contribution is 2.29. The molecule has 128 valence electrons. The molecule has 1 aliphatic rings. The Balaban J connectivity index is 1.71. The molecule has 2 aromatic rings. The molecule has 7 nitrogen and oxygen atoms in total. The molecule has 3 rings (SSSR count). The SMILES string of the molecule is CC(C)(C)c1ncc(NC(=O)N2CCCCC2c2ncc[nH]2)cn1. The summed E-state index contributed by atoms with van der Waals surface area (Å²) in [6, 6.07) is -0.147. The van der Waals surface area contributed by atoms with Crippen molar-refractivity contribution in [3.8, 4) is 0 Å². The number of nitrogens with zero attached hydrogens (tertiary/aromatic N) is 4. The summed E-state index contributed by atoms with van der Waals surface area (Å²) in [5.41, 5.74) is 0.497. The third kappa shape index (κ3) is 3.55. The van der Waals surface area contributed by atoms with Gasteiger partial charge in [-0.15, -0.1) is 0 Å². The van der Waals surface area contributed by atoms with E-state index in [1.54, 1.807) is 24.8 Å². The van der Waals surface area contributed by atoms with E-state index in [0.29, 0.717) is 5.69 Å². The first-order valence-corrected chi connectivity index (χ1v) is 8.34. The Morgan fingerprint density at radius 3 is 2.62 bits per heavy atom. The second-order valence-corrected chi connectivity index (χ2v) is 7.15. The lowest BCUT2D eigenvalue weighted by molar-refractivity contribution is 0.160. The van der Waals surface area contributed by atoms with Gasteiger partial charge in [0.15, 0.2) is 0 Å². The predicted octanol–water partition coefficient (Wildman–Crippen LogP) is 3.26. The number of imidazole rings is 1. The van der Waals surface area contributed by atoms with Crippen molar-refractivity contribution < 1.29 is 4.79 Å². The van der Waals surface area contributed by atoms with Crippen molar-refractivity contribution in [1.82, 2.24) is 24.8 Å². The summed E-state index contributed by atoms with van der Waals surface area (Å²) in [5, 5.41) is 2.90. The fourth-order valence-electron chi connectivity index (χ4n) is 2.89. The van der Waals surface area contributed by atoms with Gasteiger partial charge in [-0.2, -0.15) is 0 Å². The van der Waals surface area contributed by atoms with Crippen LogP contribution < -0.4 is 5.32 Å². The van der Waals surface area contributed by atoms with Gasteiger partial charge in [-0.1, -0.05) is 20.8 Å². The number of likely N-dealkylation sites (tertiary alicyclic amines) is 1. The molecule has 1 atom stereocenters. The van der Waals surface area contributed by atoms with Crippen LogP contribution in [0, 0.1) is 0 Å². The zero-order valence-electron chi connectivity index (χ0n) is 14.4. The maximum absolute atomic E-state index is 12.7. The van der Waals surface area contributed by atoms with E-state index in [1.807, 2.05) is 4.90 Å². The van der Waals surface area contributed by atoms with E-state index in [1.165, 1.54) is 0 Å². The Hall–Kier alpha value is -2.44. The van der Waals surface area contributed by atoms with Crippen LogP contribution in [0.4, 0.5) is 10.5 Å². The molecular formula is C17H24N6O. The van der Waals surface area contributed by atoms with Gasteiger partial charge in [0.25, 0.3) is 0 Å². The Bertz CT molecular complexity index is 674. The molecule has 0 saturated carbocycles. The molecule has 1 fully saturated rings. The highest BCUT2D eigenvalue weighted by molar-refractivity contribution is 5.89. The van der Waals surface area contributed by atoms with Crippen molar-refractivity contribution in [2.24, 2.45) is 0 Å². The molecule has 3 heterocycles. The average molecular weight is 328 g/mol. The topological polar surface area (TPSA) is 86.8 Å². The molecular weight excluding hydrogens is 304 g/mol. The van der Waals surface area contributed by atoms with Gasteiger partial charge >= 0.3 is 6.03 Å². The maximum Gasteiger partial charge on any atom is 0.322 e. The Labute approximate surface area is 141 Å². The zero-order chi connectivity index (χ0) is 17.2. The molecule has 2 N–H and O–H groups in total. The molecule has 0 radical (unpaired) electrons. The first-order chi connectivity index (χ1) is 11.4. The van der Waals surface area contributed by atoms with Gasteiger partial charge in [-0.3, -0.25) is 0 Å². The number of carbonyl (C=O) groups is 1. The molecule has 1 aliphatic heterocycles. The van der Waals surface area contributed by atoms with Gasteiger partial charge in [0.1, 0.15) is 11.6 Å². The van der Waals surface area contributed by atoms with Crippen LogP contribution in [0.3, 0.4) is 0 Å². The van der Waals surface area contributed by atoms with Crippen LogP contribution in [-0.4, -0.2) is 37.4 Å². The number of rotatable bonds is 2. The Kier molecular flexibility index (Phi) is 4.51. The van der Waals surface area contributed by atoms with Gasteiger partial charge in [0.05, 0.1) is 24.1 Å². The smallest absolute Gasteiger partial charge is 0.322 e. The van der Waals surface area contributed by atoms with Crippen molar-refractivity contribution in [1.29, 1.82) is 0 Å². The lowest BCUT2D eigenvalue weighted by Crippen LogP contribution is -2.41. The van der Waals surface area contributed by atoms with E-state index in [9.17, 15) is 4.79 Å². The Morgan fingerprint density at radius 2 is 2.00 bits per heavy atom. The number of hydrogen-bond donors (Lipinski definition) is 2. The van der Waals surface area contributed by atoms with E-state index < -0.39 is 0 Å².